The van der Waals surface area contributed by atoms with Gasteiger partial charge in [-0.2, -0.15) is 0 Å². The van der Waals surface area contributed by atoms with Crippen molar-refractivity contribution in [3.05, 3.63) is 27.3 Å². The minimum atomic E-state index is 0.677. The van der Waals surface area contributed by atoms with Crippen molar-refractivity contribution < 1.29 is 0 Å². The normalized spacial score (nSPS) is 23.6. The molecule has 2 heteroatoms. The molecule has 1 nitrogen and oxygen atoms in total. The van der Waals surface area contributed by atoms with Gasteiger partial charge in [0.1, 0.15) is 0 Å². The first-order chi connectivity index (χ1) is 9.04. The highest BCUT2D eigenvalue weighted by molar-refractivity contribution is 14.1. The zero-order chi connectivity index (χ0) is 13.8. The van der Waals surface area contributed by atoms with Crippen LogP contribution >= 0.6 is 22.6 Å². The average Bonchev–Trinajstić information content (AvgIpc) is 2.33. The van der Waals surface area contributed by atoms with E-state index in [0.717, 1.165) is 11.8 Å². The van der Waals surface area contributed by atoms with Gasteiger partial charge < -0.3 is 5.32 Å². The molecule has 0 radical (unpaired) electrons. The molecule has 2 rings (SSSR count). The van der Waals surface area contributed by atoms with Crippen LogP contribution in [0.25, 0.3) is 0 Å². The summed E-state index contributed by atoms with van der Waals surface area (Å²) in [5, 5.41) is 3.75. The van der Waals surface area contributed by atoms with Crippen molar-refractivity contribution in [2.24, 2.45) is 11.8 Å². The van der Waals surface area contributed by atoms with Crippen molar-refractivity contribution in [2.45, 2.75) is 58.9 Å². The van der Waals surface area contributed by atoms with Crippen LogP contribution < -0.4 is 5.32 Å². The van der Waals surface area contributed by atoms with Gasteiger partial charge in [0.2, 0.25) is 0 Å². The van der Waals surface area contributed by atoms with E-state index in [-0.39, 0.29) is 0 Å². The lowest BCUT2D eigenvalue weighted by Gasteiger charge is -2.31. The lowest BCUT2D eigenvalue weighted by atomic mass is 9.81. The first-order valence-corrected chi connectivity index (χ1v) is 8.65. The van der Waals surface area contributed by atoms with Gasteiger partial charge in [-0.15, -0.1) is 0 Å². The van der Waals surface area contributed by atoms with E-state index in [9.17, 15) is 0 Å². The highest BCUT2D eigenvalue weighted by Crippen LogP contribution is 2.31. The second-order valence-electron chi connectivity index (χ2n) is 6.47. The molecule has 1 aromatic rings. The third-order valence-corrected chi connectivity index (χ3v) is 5.29. The van der Waals surface area contributed by atoms with Crippen molar-refractivity contribution in [3.63, 3.8) is 0 Å². The molecule has 1 aliphatic carbocycles. The molecule has 0 heterocycles. The summed E-state index contributed by atoms with van der Waals surface area (Å²) in [6.07, 6.45) is 6.89. The van der Waals surface area contributed by atoms with E-state index in [1.54, 1.807) is 0 Å². The van der Waals surface area contributed by atoms with E-state index in [0.29, 0.717) is 6.04 Å². The van der Waals surface area contributed by atoms with Crippen LogP contribution in [0.5, 0.6) is 0 Å². The third kappa shape index (κ3) is 4.66. The quantitative estimate of drug-likeness (QED) is 0.678. The Hall–Kier alpha value is -0.250. The minimum Gasteiger partial charge on any atom is -0.382 e. The van der Waals surface area contributed by atoms with Crippen LogP contribution in [0.3, 0.4) is 0 Å². The maximum Gasteiger partial charge on any atom is 0.0353 e. The Balaban J connectivity index is 1.92. The van der Waals surface area contributed by atoms with Crippen LogP contribution in [-0.4, -0.2) is 6.04 Å². The zero-order valence-electron chi connectivity index (χ0n) is 12.4. The smallest absolute Gasteiger partial charge is 0.0353 e. The number of aryl methyl sites for hydroxylation is 1. The number of hydrogen-bond acceptors (Lipinski definition) is 1. The summed E-state index contributed by atoms with van der Waals surface area (Å²) in [4.78, 5) is 0. The summed E-state index contributed by atoms with van der Waals surface area (Å²) < 4.78 is 1.36. The molecule has 0 bridgehead atoms. The molecule has 2 atom stereocenters. The first-order valence-electron chi connectivity index (χ1n) is 7.57. The van der Waals surface area contributed by atoms with E-state index in [4.69, 9.17) is 0 Å². The van der Waals surface area contributed by atoms with Gasteiger partial charge in [-0.25, -0.2) is 0 Å². The number of hydrogen-bond donors (Lipinski definition) is 1. The predicted octanol–water partition coefficient (Wildman–Crippen LogP) is 5.62. The molecule has 19 heavy (non-hydrogen) atoms. The van der Waals surface area contributed by atoms with Gasteiger partial charge in [-0.1, -0.05) is 32.8 Å². The maximum absolute atomic E-state index is 3.75. The fraction of sp³-hybridized carbons (Fsp3) is 0.647. The third-order valence-electron chi connectivity index (χ3n) is 4.13. The number of rotatable bonds is 4. The standard InChI is InChI=1S/C17H26IN/c1-12(2)9-14-5-4-6-15(10-14)19-16-8-7-13(3)17(18)11-16/h7-8,11-12,14-15,19H,4-6,9-10H2,1-3H3. The summed E-state index contributed by atoms with van der Waals surface area (Å²) in [5.41, 5.74) is 2.66. The summed E-state index contributed by atoms with van der Waals surface area (Å²) in [7, 11) is 0. The molecule has 0 aromatic heterocycles. The van der Waals surface area contributed by atoms with E-state index >= 15 is 0 Å². The van der Waals surface area contributed by atoms with Gasteiger partial charge >= 0.3 is 0 Å². The molecule has 1 fully saturated rings. The van der Waals surface area contributed by atoms with Gasteiger partial charge in [0, 0.05) is 15.3 Å². The zero-order valence-corrected chi connectivity index (χ0v) is 14.5. The molecular weight excluding hydrogens is 345 g/mol. The molecule has 0 saturated heterocycles. The second kappa shape index (κ2) is 6.96. The lowest BCUT2D eigenvalue weighted by molar-refractivity contribution is 0.289. The minimum absolute atomic E-state index is 0.677. The second-order valence-corrected chi connectivity index (χ2v) is 7.63. The Morgan fingerprint density at radius 3 is 2.79 bits per heavy atom. The maximum atomic E-state index is 3.75. The van der Waals surface area contributed by atoms with Crippen LogP contribution in [0.1, 0.15) is 51.5 Å². The van der Waals surface area contributed by atoms with Crippen molar-refractivity contribution >= 4 is 28.3 Å². The van der Waals surface area contributed by atoms with E-state index < -0.39 is 0 Å². The number of anilines is 1. The Bertz CT molecular complexity index is 414. The number of nitrogens with one attached hydrogen (secondary N) is 1. The van der Waals surface area contributed by atoms with Gasteiger partial charge in [0.05, 0.1) is 0 Å². The Labute approximate surface area is 131 Å². The highest BCUT2D eigenvalue weighted by Gasteiger charge is 2.22. The summed E-state index contributed by atoms with van der Waals surface area (Å²) in [6.45, 7) is 6.86. The molecule has 1 saturated carbocycles. The summed E-state index contributed by atoms with van der Waals surface area (Å²) in [6, 6.07) is 7.40. The number of benzene rings is 1. The van der Waals surface area contributed by atoms with Gasteiger partial charge in [-0.05, 0) is 78.3 Å². The molecule has 1 aliphatic rings. The topological polar surface area (TPSA) is 12.0 Å². The van der Waals surface area contributed by atoms with Gasteiger partial charge in [0.25, 0.3) is 0 Å². The van der Waals surface area contributed by atoms with E-state index in [2.05, 4.69) is 66.9 Å². The molecule has 106 valence electrons. The average molecular weight is 371 g/mol. The largest absolute Gasteiger partial charge is 0.382 e. The Kier molecular flexibility index (Phi) is 5.55. The summed E-state index contributed by atoms with van der Waals surface area (Å²) >= 11 is 2.42. The van der Waals surface area contributed by atoms with Crippen LogP contribution in [0.15, 0.2) is 18.2 Å². The molecule has 0 spiro atoms. The molecule has 0 aliphatic heterocycles. The molecule has 1 aromatic carbocycles. The molecule has 2 unspecified atom stereocenters. The first kappa shape index (κ1) is 15.1. The van der Waals surface area contributed by atoms with Crippen molar-refractivity contribution in [2.75, 3.05) is 5.32 Å². The Morgan fingerprint density at radius 1 is 1.32 bits per heavy atom. The fourth-order valence-electron chi connectivity index (χ4n) is 3.22. The van der Waals surface area contributed by atoms with Crippen molar-refractivity contribution in [1.82, 2.24) is 0 Å². The predicted molar refractivity (Wildman–Crippen MR) is 92.7 cm³/mol. The SMILES string of the molecule is Cc1ccc(NC2CCCC(CC(C)C)C2)cc1I. The lowest BCUT2D eigenvalue weighted by Crippen LogP contribution is -2.28. The van der Waals surface area contributed by atoms with Crippen LogP contribution in [0.4, 0.5) is 5.69 Å². The Morgan fingerprint density at radius 2 is 2.11 bits per heavy atom. The van der Waals surface area contributed by atoms with Crippen LogP contribution in [-0.2, 0) is 0 Å². The van der Waals surface area contributed by atoms with Gasteiger partial charge in [0.15, 0.2) is 0 Å². The van der Waals surface area contributed by atoms with Crippen LogP contribution in [0, 0.1) is 22.3 Å². The molecule has 0 amide bonds. The van der Waals surface area contributed by atoms with E-state index in [1.807, 2.05) is 0 Å². The fourth-order valence-corrected chi connectivity index (χ4v) is 3.74. The highest BCUT2D eigenvalue weighted by atomic mass is 127. The van der Waals surface area contributed by atoms with E-state index in [1.165, 1.54) is 46.9 Å². The monoisotopic (exact) mass is 371 g/mol. The van der Waals surface area contributed by atoms with Crippen molar-refractivity contribution in [1.29, 1.82) is 0 Å². The van der Waals surface area contributed by atoms with Crippen molar-refractivity contribution in [3.8, 4) is 0 Å². The summed E-state index contributed by atoms with van der Waals surface area (Å²) in [5.74, 6) is 1.76. The molecular formula is C17H26IN. The number of halogens is 1. The van der Waals surface area contributed by atoms with Crippen LogP contribution in [0.2, 0.25) is 0 Å². The van der Waals surface area contributed by atoms with Gasteiger partial charge in [-0.3, -0.25) is 0 Å². The molecule has 1 N–H and O–H groups in total.